The van der Waals surface area contributed by atoms with E-state index in [0.29, 0.717) is 12.4 Å². The molecular weight excluding hydrogens is 241 g/mol. The van der Waals surface area contributed by atoms with E-state index in [-0.39, 0.29) is 5.82 Å². The highest BCUT2D eigenvalue weighted by molar-refractivity contribution is 5.56. The molecule has 0 aromatic heterocycles. The van der Waals surface area contributed by atoms with Gasteiger partial charge in [0, 0.05) is 12.6 Å². The molecule has 1 aromatic carbocycles. The molecule has 19 heavy (non-hydrogen) atoms. The first-order valence-electron chi connectivity index (χ1n) is 7.35. The number of nitrogens with one attached hydrogen (secondary N) is 1. The Morgan fingerprint density at radius 1 is 1.26 bits per heavy atom. The highest BCUT2D eigenvalue weighted by atomic mass is 19.1. The third-order valence-electron chi connectivity index (χ3n) is 3.96. The van der Waals surface area contributed by atoms with Gasteiger partial charge in [-0.1, -0.05) is 19.8 Å². The summed E-state index contributed by atoms with van der Waals surface area (Å²) in [5.74, 6) is 1.98. The second kappa shape index (κ2) is 6.78. The fourth-order valence-electron chi connectivity index (χ4n) is 2.70. The Morgan fingerprint density at radius 2 is 2.00 bits per heavy atom. The molecule has 1 N–H and O–H groups in total. The smallest absolute Gasteiger partial charge is 0.145 e. The Balaban J connectivity index is 1.91. The molecule has 0 heterocycles. The number of rotatable bonds is 5. The zero-order chi connectivity index (χ0) is 13.7. The fraction of sp³-hybridized carbons (Fsp3) is 0.625. The lowest BCUT2D eigenvalue weighted by molar-refractivity contribution is 0.299. The lowest BCUT2D eigenvalue weighted by Gasteiger charge is -2.26. The van der Waals surface area contributed by atoms with Crippen molar-refractivity contribution in [3.8, 4) is 5.75 Å². The molecule has 2 nitrogen and oxygen atoms in total. The molecule has 1 fully saturated rings. The molecule has 0 aliphatic heterocycles. The van der Waals surface area contributed by atoms with Crippen LogP contribution in [0.2, 0.25) is 0 Å². The predicted octanol–water partition coefficient (Wildman–Crippen LogP) is 4.46. The molecule has 1 aliphatic carbocycles. The minimum atomic E-state index is -0.250. The van der Waals surface area contributed by atoms with Crippen molar-refractivity contribution in [3.63, 3.8) is 0 Å². The average Bonchev–Trinajstić information content (AvgIpc) is 2.40. The number of halogens is 1. The van der Waals surface area contributed by atoms with E-state index in [9.17, 15) is 4.39 Å². The Morgan fingerprint density at radius 3 is 2.68 bits per heavy atom. The maximum Gasteiger partial charge on any atom is 0.145 e. The van der Waals surface area contributed by atoms with Crippen LogP contribution in [0, 0.1) is 17.7 Å². The first-order valence-corrected chi connectivity index (χ1v) is 7.35. The summed E-state index contributed by atoms with van der Waals surface area (Å²) >= 11 is 0. The van der Waals surface area contributed by atoms with Crippen LogP contribution in [0.4, 0.5) is 10.1 Å². The second-order valence-corrected chi connectivity index (χ2v) is 5.58. The van der Waals surface area contributed by atoms with Crippen LogP contribution >= 0.6 is 0 Å². The Bertz CT molecular complexity index is 400. The third-order valence-corrected chi connectivity index (χ3v) is 3.96. The van der Waals surface area contributed by atoms with E-state index in [1.54, 1.807) is 6.07 Å². The van der Waals surface area contributed by atoms with E-state index in [2.05, 4.69) is 12.2 Å². The molecular formula is C16H24FNO. The summed E-state index contributed by atoms with van der Waals surface area (Å²) in [7, 11) is 0. The van der Waals surface area contributed by atoms with E-state index in [1.165, 1.54) is 37.8 Å². The summed E-state index contributed by atoms with van der Waals surface area (Å²) in [6.07, 6.45) is 5.24. The van der Waals surface area contributed by atoms with Gasteiger partial charge in [-0.2, -0.15) is 0 Å². The summed E-state index contributed by atoms with van der Waals surface area (Å²) in [5.41, 5.74) is 0.905. The summed E-state index contributed by atoms with van der Waals surface area (Å²) in [6, 6.07) is 4.70. The molecule has 0 spiro atoms. The quantitative estimate of drug-likeness (QED) is 0.848. The monoisotopic (exact) mass is 265 g/mol. The molecule has 1 aliphatic rings. The summed E-state index contributed by atoms with van der Waals surface area (Å²) in [4.78, 5) is 0. The van der Waals surface area contributed by atoms with Crippen molar-refractivity contribution >= 4 is 5.69 Å². The molecule has 0 saturated heterocycles. The van der Waals surface area contributed by atoms with Gasteiger partial charge in [0.25, 0.3) is 0 Å². The zero-order valence-corrected chi connectivity index (χ0v) is 11.9. The average molecular weight is 265 g/mol. The topological polar surface area (TPSA) is 21.3 Å². The van der Waals surface area contributed by atoms with Crippen LogP contribution in [-0.2, 0) is 0 Å². The molecule has 0 bridgehead atoms. The number of ether oxygens (including phenoxy) is 1. The molecule has 0 radical (unpaired) electrons. The summed E-state index contributed by atoms with van der Waals surface area (Å²) in [6.45, 7) is 5.76. The molecule has 1 saturated carbocycles. The van der Waals surface area contributed by atoms with E-state index >= 15 is 0 Å². The van der Waals surface area contributed by atoms with Gasteiger partial charge in [0.2, 0.25) is 0 Å². The molecule has 106 valence electrons. The van der Waals surface area contributed by atoms with E-state index < -0.39 is 0 Å². The van der Waals surface area contributed by atoms with Gasteiger partial charge in [-0.15, -0.1) is 0 Å². The standard InChI is InChI=1S/C16H24FNO/c1-3-19-16-10-14(17)8-9-15(16)18-11-13-6-4-12(2)5-7-13/h8-10,12-13,18H,3-7,11H2,1-2H3. The first kappa shape index (κ1) is 14.2. The van der Waals surface area contributed by atoms with Gasteiger partial charge in [-0.3, -0.25) is 0 Å². The Labute approximate surface area is 115 Å². The normalized spacial score (nSPS) is 23.1. The van der Waals surface area contributed by atoms with E-state index in [0.717, 1.165) is 24.1 Å². The van der Waals surface area contributed by atoms with Gasteiger partial charge < -0.3 is 10.1 Å². The molecule has 3 heteroatoms. The maximum absolute atomic E-state index is 13.2. The van der Waals surface area contributed by atoms with E-state index in [1.807, 2.05) is 6.92 Å². The van der Waals surface area contributed by atoms with Crippen molar-refractivity contribution < 1.29 is 9.13 Å². The number of anilines is 1. The van der Waals surface area contributed by atoms with Crippen molar-refractivity contribution in [2.24, 2.45) is 11.8 Å². The minimum Gasteiger partial charge on any atom is -0.492 e. The fourth-order valence-corrected chi connectivity index (χ4v) is 2.70. The summed E-state index contributed by atoms with van der Waals surface area (Å²) in [5, 5.41) is 3.42. The van der Waals surface area contributed by atoms with Gasteiger partial charge in [0.15, 0.2) is 0 Å². The van der Waals surface area contributed by atoms with Crippen molar-refractivity contribution in [2.45, 2.75) is 39.5 Å². The molecule has 0 atom stereocenters. The second-order valence-electron chi connectivity index (χ2n) is 5.58. The SMILES string of the molecule is CCOc1cc(F)ccc1NCC1CCC(C)CC1. The molecule has 0 unspecified atom stereocenters. The lowest BCUT2D eigenvalue weighted by atomic mass is 9.83. The third kappa shape index (κ3) is 4.12. The van der Waals surface area contributed by atoms with Crippen LogP contribution < -0.4 is 10.1 Å². The number of benzene rings is 1. The highest BCUT2D eigenvalue weighted by Gasteiger charge is 2.18. The molecule has 0 amide bonds. The highest BCUT2D eigenvalue weighted by Crippen LogP contribution is 2.30. The van der Waals surface area contributed by atoms with Crippen LogP contribution in [0.1, 0.15) is 39.5 Å². The van der Waals surface area contributed by atoms with Gasteiger partial charge in [0.1, 0.15) is 11.6 Å². The van der Waals surface area contributed by atoms with Gasteiger partial charge in [-0.05, 0) is 43.7 Å². The molecule has 1 aromatic rings. The van der Waals surface area contributed by atoms with Crippen LogP contribution in [0.3, 0.4) is 0 Å². The Kier molecular flexibility index (Phi) is 5.06. The van der Waals surface area contributed by atoms with Crippen molar-refractivity contribution in [2.75, 3.05) is 18.5 Å². The predicted molar refractivity (Wildman–Crippen MR) is 77.2 cm³/mol. The maximum atomic E-state index is 13.2. The minimum absolute atomic E-state index is 0.250. The van der Waals surface area contributed by atoms with Gasteiger partial charge in [-0.25, -0.2) is 4.39 Å². The van der Waals surface area contributed by atoms with Crippen molar-refractivity contribution in [3.05, 3.63) is 24.0 Å². The Hall–Kier alpha value is -1.25. The zero-order valence-electron chi connectivity index (χ0n) is 11.9. The first-order chi connectivity index (χ1) is 9.19. The van der Waals surface area contributed by atoms with Crippen molar-refractivity contribution in [1.29, 1.82) is 0 Å². The number of hydrogen-bond donors (Lipinski definition) is 1. The van der Waals surface area contributed by atoms with Crippen molar-refractivity contribution in [1.82, 2.24) is 0 Å². The van der Waals surface area contributed by atoms with Gasteiger partial charge in [0.05, 0.1) is 12.3 Å². The lowest BCUT2D eigenvalue weighted by Crippen LogP contribution is -2.20. The van der Waals surface area contributed by atoms with Crippen LogP contribution in [0.15, 0.2) is 18.2 Å². The summed E-state index contributed by atoms with van der Waals surface area (Å²) < 4.78 is 18.7. The molecule has 2 rings (SSSR count). The van der Waals surface area contributed by atoms with E-state index in [4.69, 9.17) is 4.74 Å². The van der Waals surface area contributed by atoms with Gasteiger partial charge >= 0.3 is 0 Å². The van der Waals surface area contributed by atoms with Crippen LogP contribution in [0.25, 0.3) is 0 Å². The van der Waals surface area contributed by atoms with Crippen LogP contribution in [-0.4, -0.2) is 13.2 Å². The number of hydrogen-bond acceptors (Lipinski definition) is 2. The largest absolute Gasteiger partial charge is 0.492 e. The van der Waals surface area contributed by atoms with Crippen LogP contribution in [0.5, 0.6) is 5.75 Å².